The van der Waals surface area contributed by atoms with Gasteiger partial charge in [0.2, 0.25) is 5.91 Å². The number of carbonyl (C=O) groups excluding carboxylic acids is 1. The van der Waals surface area contributed by atoms with Crippen LogP contribution >= 0.6 is 0 Å². The number of carbonyl (C=O) groups is 1. The van der Waals surface area contributed by atoms with E-state index in [1.165, 1.54) is 0 Å². The summed E-state index contributed by atoms with van der Waals surface area (Å²) in [6.07, 6.45) is 4.59. The fourth-order valence-electron chi connectivity index (χ4n) is 1.88. The van der Waals surface area contributed by atoms with Gasteiger partial charge in [-0.1, -0.05) is 26.7 Å². The summed E-state index contributed by atoms with van der Waals surface area (Å²) >= 11 is 0. The van der Waals surface area contributed by atoms with Gasteiger partial charge in [0.1, 0.15) is 0 Å². The molecule has 0 saturated heterocycles. The van der Waals surface area contributed by atoms with Crippen molar-refractivity contribution in [1.82, 2.24) is 5.32 Å². The Morgan fingerprint density at radius 1 is 1.25 bits per heavy atom. The van der Waals surface area contributed by atoms with Crippen molar-refractivity contribution in [3.8, 4) is 0 Å². The molecule has 3 nitrogen and oxygen atoms in total. The van der Waals surface area contributed by atoms with Crippen molar-refractivity contribution >= 4 is 5.91 Å². The van der Waals surface area contributed by atoms with Crippen LogP contribution in [0.1, 0.15) is 59.8 Å². The molecule has 0 atom stereocenters. The molecule has 0 bridgehead atoms. The highest BCUT2D eigenvalue weighted by atomic mass is 16.3. The van der Waals surface area contributed by atoms with Crippen LogP contribution in [0, 0.1) is 5.92 Å². The topological polar surface area (TPSA) is 49.3 Å². The summed E-state index contributed by atoms with van der Waals surface area (Å²) < 4.78 is 0. The Labute approximate surface area is 99.6 Å². The number of rotatable bonds is 8. The molecule has 0 aromatic heterocycles. The SMILES string of the molecule is CCCC(CCC)C(=O)NC(C)(C)CCO. The van der Waals surface area contributed by atoms with Gasteiger partial charge < -0.3 is 10.4 Å². The maximum Gasteiger partial charge on any atom is 0.223 e. The highest BCUT2D eigenvalue weighted by Gasteiger charge is 2.24. The highest BCUT2D eigenvalue weighted by Crippen LogP contribution is 2.16. The number of amides is 1. The first-order valence-electron chi connectivity index (χ1n) is 6.39. The number of nitrogens with one attached hydrogen (secondary N) is 1. The molecule has 0 unspecified atom stereocenters. The molecular formula is C13H27NO2. The minimum atomic E-state index is -0.300. The van der Waals surface area contributed by atoms with E-state index in [1.54, 1.807) is 0 Å². The molecular weight excluding hydrogens is 202 g/mol. The maximum atomic E-state index is 12.0. The summed E-state index contributed by atoms with van der Waals surface area (Å²) in [4.78, 5) is 12.0. The molecule has 1 amide bonds. The van der Waals surface area contributed by atoms with Crippen molar-refractivity contribution in [3.05, 3.63) is 0 Å². The normalized spacial score (nSPS) is 11.9. The molecule has 2 N–H and O–H groups in total. The lowest BCUT2D eigenvalue weighted by Gasteiger charge is -2.28. The average molecular weight is 229 g/mol. The van der Waals surface area contributed by atoms with Gasteiger partial charge in [0.05, 0.1) is 0 Å². The minimum Gasteiger partial charge on any atom is -0.396 e. The van der Waals surface area contributed by atoms with Crippen molar-refractivity contribution < 1.29 is 9.90 Å². The summed E-state index contributed by atoms with van der Waals surface area (Å²) in [5.41, 5.74) is -0.300. The number of aliphatic hydroxyl groups is 1. The Morgan fingerprint density at radius 3 is 2.12 bits per heavy atom. The zero-order valence-electron chi connectivity index (χ0n) is 11.2. The fourth-order valence-corrected chi connectivity index (χ4v) is 1.88. The van der Waals surface area contributed by atoms with Gasteiger partial charge in [0.25, 0.3) is 0 Å². The first kappa shape index (κ1) is 15.4. The van der Waals surface area contributed by atoms with Crippen molar-refractivity contribution in [3.63, 3.8) is 0 Å². The third-order valence-electron chi connectivity index (χ3n) is 2.84. The van der Waals surface area contributed by atoms with Crippen molar-refractivity contribution in [1.29, 1.82) is 0 Å². The first-order chi connectivity index (χ1) is 7.46. The molecule has 0 radical (unpaired) electrons. The van der Waals surface area contributed by atoms with E-state index in [0.29, 0.717) is 6.42 Å². The van der Waals surface area contributed by atoms with E-state index in [1.807, 2.05) is 13.8 Å². The predicted molar refractivity (Wildman–Crippen MR) is 67.2 cm³/mol. The van der Waals surface area contributed by atoms with Crippen LogP contribution in [-0.4, -0.2) is 23.2 Å². The van der Waals surface area contributed by atoms with E-state index in [4.69, 9.17) is 5.11 Å². The van der Waals surface area contributed by atoms with Gasteiger partial charge in [-0.2, -0.15) is 0 Å². The van der Waals surface area contributed by atoms with Crippen molar-refractivity contribution in [2.75, 3.05) is 6.61 Å². The van der Waals surface area contributed by atoms with Crippen LogP contribution in [0.2, 0.25) is 0 Å². The zero-order valence-corrected chi connectivity index (χ0v) is 11.2. The van der Waals surface area contributed by atoms with Crippen LogP contribution in [0.4, 0.5) is 0 Å². The van der Waals surface area contributed by atoms with Crippen LogP contribution in [-0.2, 0) is 4.79 Å². The quantitative estimate of drug-likeness (QED) is 0.672. The number of aliphatic hydroxyl groups excluding tert-OH is 1. The predicted octanol–water partition coefficient (Wildman–Crippen LogP) is 2.48. The van der Waals surface area contributed by atoms with Crippen LogP contribution in [0.15, 0.2) is 0 Å². The Morgan fingerprint density at radius 2 is 1.75 bits per heavy atom. The second-order valence-corrected chi connectivity index (χ2v) is 5.12. The van der Waals surface area contributed by atoms with E-state index in [9.17, 15) is 4.79 Å². The lowest BCUT2D eigenvalue weighted by molar-refractivity contribution is -0.127. The van der Waals surface area contributed by atoms with Crippen LogP contribution in [0.5, 0.6) is 0 Å². The molecule has 0 saturated carbocycles. The smallest absolute Gasteiger partial charge is 0.223 e. The fraction of sp³-hybridized carbons (Fsp3) is 0.923. The first-order valence-corrected chi connectivity index (χ1v) is 6.39. The van der Waals surface area contributed by atoms with Gasteiger partial charge in [-0.3, -0.25) is 4.79 Å². The molecule has 96 valence electrons. The number of hydrogen-bond acceptors (Lipinski definition) is 2. The lowest BCUT2D eigenvalue weighted by atomic mass is 9.94. The Kier molecular flexibility index (Phi) is 7.39. The molecule has 0 aromatic rings. The van der Waals surface area contributed by atoms with Gasteiger partial charge >= 0.3 is 0 Å². The van der Waals surface area contributed by atoms with Crippen molar-refractivity contribution in [2.45, 2.75) is 65.3 Å². The molecule has 0 rings (SSSR count). The molecule has 0 aliphatic rings. The van der Waals surface area contributed by atoms with E-state index >= 15 is 0 Å². The lowest BCUT2D eigenvalue weighted by Crippen LogP contribution is -2.46. The number of hydrogen-bond donors (Lipinski definition) is 2. The van der Waals surface area contributed by atoms with Gasteiger partial charge in [-0.05, 0) is 33.1 Å². The summed E-state index contributed by atoms with van der Waals surface area (Å²) in [6, 6.07) is 0. The summed E-state index contributed by atoms with van der Waals surface area (Å²) in [5, 5.41) is 11.9. The van der Waals surface area contributed by atoms with Crippen LogP contribution in [0.3, 0.4) is 0 Å². The van der Waals surface area contributed by atoms with Gasteiger partial charge in [-0.25, -0.2) is 0 Å². The molecule has 0 spiro atoms. The highest BCUT2D eigenvalue weighted by molar-refractivity contribution is 5.79. The second kappa shape index (κ2) is 7.66. The Bertz CT molecular complexity index is 196. The monoisotopic (exact) mass is 229 g/mol. The third-order valence-corrected chi connectivity index (χ3v) is 2.84. The van der Waals surface area contributed by atoms with E-state index in [2.05, 4.69) is 19.2 Å². The van der Waals surface area contributed by atoms with E-state index in [0.717, 1.165) is 25.7 Å². The molecule has 16 heavy (non-hydrogen) atoms. The molecule has 0 heterocycles. The Hall–Kier alpha value is -0.570. The summed E-state index contributed by atoms with van der Waals surface area (Å²) in [5.74, 6) is 0.273. The summed E-state index contributed by atoms with van der Waals surface area (Å²) in [7, 11) is 0. The molecule has 0 fully saturated rings. The average Bonchev–Trinajstić information content (AvgIpc) is 2.16. The standard InChI is InChI=1S/C13H27NO2/c1-5-7-11(8-6-2)12(16)14-13(3,4)9-10-15/h11,15H,5-10H2,1-4H3,(H,14,16). The largest absolute Gasteiger partial charge is 0.396 e. The van der Waals surface area contributed by atoms with Gasteiger partial charge in [0.15, 0.2) is 0 Å². The third kappa shape index (κ3) is 6.11. The minimum absolute atomic E-state index is 0.111. The van der Waals surface area contributed by atoms with E-state index in [-0.39, 0.29) is 24.0 Å². The van der Waals surface area contributed by atoms with Crippen LogP contribution in [0.25, 0.3) is 0 Å². The van der Waals surface area contributed by atoms with Gasteiger partial charge in [0, 0.05) is 18.1 Å². The van der Waals surface area contributed by atoms with Crippen LogP contribution < -0.4 is 5.32 Å². The molecule has 3 heteroatoms. The molecule has 0 aliphatic heterocycles. The zero-order chi connectivity index (χ0) is 12.6. The maximum absolute atomic E-state index is 12.0. The van der Waals surface area contributed by atoms with Gasteiger partial charge in [-0.15, -0.1) is 0 Å². The van der Waals surface area contributed by atoms with Crippen molar-refractivity contribution in [2.24, 2.45) is 5.92 Å². The van der Waals surface area contributed by atoms with E-state index < -0.39 is 0 Å². The summed E-state index contributed by atoms with van der Waals surface area (Å²) in [6.45, 7) is 8.23. The molecule has 0 aliphatic carbocycles. The second-order valence-electron chi connectivity index (χ2n) is 5.12. The molecule has 0 aromatic carbocycles. The Balaban J connectivity index is 4.27.